The summed E-state index contributed by atoms with van der Waals surface area (Å²) in [6.07, 6.45) is 0.658. The molecule has 19 heavy (non-hydrogen) atoms. The third-order valence-corrected chi connectivity index (χ3v) is 3.85. The van der Waals surface area contributed by atoms with Crippen molar-refractivity contribution in [1.29, 1.82) is 0 Å². The fourth-order valence-electron chi connectivity index (χ4n) is 3.08. The molecule has 2 aliphatic rings. The molecule has 1 saturated heterocycles. The van der Waals surface area contributed by atoms with Crippen LogP contribution in [-0.4, -0.2) is 52.5 Å². The molecule has 1 aromatic heterocycles. The highest BCUT2D eigenvalue weighted by atomic mass is 16.4. The molecule has 0 aliphatic carbocycles. The van der Waals surface area contributed by atoms with Crippen LogP contribution in [0.5, 0.6) is 0 Å². The maximum Gasteiger partial charge on any atom is 0.407 e. The predicted molar refractivity (Wildman–Crippen MR) is 68.7 cm³/mol. The monoisotopic (exact) mass is 261 g/mol. The summed E-state index contributed by atoms with van der Waals surface area (Å²) in [5.74, 6) is 0.840. The Bertz CT molecular complexity index is 546. The van der Waals surface area contributed by atoms with Gasteiger partial charge in [-0.2, -0.15) is 0 Å². The van der Waals surface area contributed by atoms with Crippen molar-refractivity contribution in [1.82, 2.24) is 9.88 Å². The first-order chi connectivity index (χ1) is 9.10. The van der Waals surface area contributed by atoms with Gasteiger partial charge in [-0.25, -0.2) is 9.78 Å². The van der Waals surface area contributed by atoms with Crippen molar-refractivity contribution in [3.63, 3.8) is 0 Å². The molecule has 1 amide bonds. The molecule has 1 fully saturated rings. The summed E-state index contributed by atoms with van der Waals surface area (Å²) in [6.45, 7) is 2.96. The maximum absolute atomic E-state index is 11.1. The van der Waals surface area contributed by atoms with Crippen LogP contribution in [0.25, 0.3) is 0 Å². The Hall–Kier alpha value is -2.11. The molecule has 0 spiro atoms. The second-order valence-corrected chi connectivity index (χ2v) is 5.14. The Labute approximate surface area is 110 Å². The van der Waals surface area contributed by atoms with Gasteiger partial charge in [0.15, 0.2) is 6.29 Å². The van der Waals surface area contributed by atoms with Gasteiger partial charge in [-0.15, -0.1) is 0 Å². The van der Waals surface area contributed by atoms with E-state index < -0.39 is 6.09 Å². The number of carbonyl (C=O) groups excluding carboxylic acids is 1. The van der Waals surface area contributed by atoms with Gasteiger partial charge in [0, 0.05) is 19.1 Å². The van der Waals surface area contributed by atoms with E-state index in [1.54, 1.807) is 6.07 Å². The van der Waals surface area contributed by atoms with Crippen molar-refractivity contribution >= 4 is 18.2 Å². The number of fused-ring (bicyclic) bond motifs is 3. The lowest BCUT2D eigenvalue weighted by Gasteiger charge is -2.42. The lowest BCUT2D eigenvalue weighted by atomic mass is 10.1. The van der Waals surface area contributed by atoms with Crippen molar-refractivity contribution in [2.75, 3.05) is 18.0 Å². The number of aromatic nitrogens is 1. The molecule has 6 heteroatoms. The minimum Gasteiger partial charge on any atom is -0.465 e. The number of carboxylic acid groups (broad SMARTS) is 1. The van der Waals surface area contributed by atoms with Gasteiger partial charge in [0.2, 0.25) is 0 Å². The SMILES string of the molecule is C[C@@H]1CN(C(=O)O)C[C@H]2Cc3ccc(C=O)nc3N21. The number of hydrogen-bond donors (Lipinski definition) is 1. The van der Waals surface area contributed by atoms with Gasteiger partial charge in [-0.3, -0.25) is 4.79 Å². The van der Waals surface area contributed by atoms with Crippen molar-refractivity contribution < 1.29 is 14.7 Å². The predicted octanol–water partition coefficient (Wildman–Crippen LogP) is 1.01. The van der Waals surface area contributed by atoms with Crippen molar-refractivity contribution in [3.05, 3.63) is 23.4 Å². The highest BCUT2D eigenvalue weighted by Crippen LogP contribution is 2.35. The van der Waals surface area contributed by atoms with Crippen LogP contribution in [0.1, 0.15) is 23.0 Å². The lowest BCUT2D eigenvalue weighted by Crippen LogP contribution is -2.58. The summed E-state index contributed by atoms with van der Waals surface area (Å²) in [4.78, 5) is 29.9. The van der Waals surface area contributed by atoms with Crippen molar-refractivity contribution in [2.45, 2.75) is 25.4 Å². The number of rotatable bonds is 1. The molecule has 100 valence electrons. The van der Waals surface area contributed by atoms with Crippen LogP contribution in [0.3, 0.4) is 0 Å². The summed E-state index contributed by atoms with van der Waals surface area (Å²) in [7, 11) is 0. The standard InChI is InChI=1S/C13H15N3O3/c1-8-5-15(13(18)19)6-11-4-9-2-3-10(7-17)14-12(9)16(8)11/h2-3,7-8,11H,4-6H2,1H3,(H,18,19)/t8-,11-/m1/s1. The average molecular weight is 261 g/mol. The number of hydrogen-bond acceptors (Lipinski definition) is 4. The van der Waals surface area contributed by atoms with Crippen LogP contribution in [-0.2, 0) is 6.42 Å². The third-order valence-electron chi connectivity index (χ3n) is 3.85. The van der Waals surface area contributed by atoms with E-state index in [0.717, 1.165) is 24.1 Å². The first-order valence-corrected chi connectivity index (χ1v) is 6.31. The Kier molecular flexibility index (Phi) is 2.66. The summed E-state index contributed by atoms with van der Waals surface area (Å²) in [6, 6.07) is 3.83. The number of aldehydes is 1. The minimum atomic E-state index is -0.871. The number of anilines is 1. The number of amides is 1. The number of nitrogens with zero attached hydrogens (tertiary/aromatic N) is 3. The van der Waals surface area contributed by atoms with Gasteiger partial charge < -0.3 is 14.9 Å². The molecule has 0 radical (unpaired) electrons. The van der Waals surface area contributed by atoms with Gasteiger partial charge in [0.05, 0.1) is 6.04 Å². The maximum atomic E-state index is 11.1. The molecule has 1 N–H and O–H groups in total. The summed E-state index contributed by atoms with van der Waals surface area (Å²) in [5, 5.41) is 9.12. The Morgan fingerprint density at radius 3 is 2.95 bits per heavy atom. The first-order valence-electron chi connectivity index (χ1n) is 6.31. The van der Waals surface area contributed by atoms with E-state index in [2.05, 4.69) is 9.88 Å². The molecule has 6 nitrogen and oxygen atoms in total. The normalized spacial score (nSPS) is 24.9. The van der Waals surface area contributed by atoms with Crippen molar-refractivity contribution in [3.8, 4) is 0 Å². The van der Waals surface area contributed by atoms with Crippen LogP contribution in [0.2, 0.25) is 0 Å². The Balaban J connectivity index is 1.94. The van der Waals surface area contributed by atoms with Crippen LogP contribution < -0.4 is 4.90 Å². The zero-order chi connectivity index (χ0) is 13.6. The van der Waals surface area contributed by atoms with E-state index in [1.807, 2.05) is 13.0 Å². The molecule has 2 aliphatic heterocycles. The largest absolute Gasteiger partial charge is 0.465 e. The summed E-state index contributed by atoms with van der Waals surface area (Å²) < 4.78 is 0. The Morgan fingerprint density at radius 1 is 1.47 bits per heavy atom. The third kappa shape index (κ3) is 1.83. The van der Waals surface area contributed by atoms with Crippen molar-refractivity contribution in [2.24, 2.45) is 0 Å². The Morgan fingerprint density at radius 2 is 2.26 bits per heavy atom. The zero-order valence-electron chi connectivity index (χ0n) is 10.6. The highest BCUT2D eigenvalue weighted by Gasteiger charge is 2.40. The van der Waals surface area contributed by atoms with E-state index >= 15 is 0 Å². The van der Waals surface area contributed by atoms with Crippen LogP contribution in [0.15, 0.2) is 12.1 Å². The van der Waals surface area contributed by atoms with Gasteiger partial charge in [-0.1, -0.05) is 6.07 Å². The topological polar surface area (TPSA) is 73.7 Å². The molecular formula is C13H15N3O3. The fraction of sp³-hybridized carbons (Fsp3) is 0.462. The molecule has 3 rings (SSSR count). The number of piperazine rings is 1. The van der Waals surface area contributed by atoms with E-state index in [4.69, 9.17) is 5.11 Å². The second kappa shape index (κ2) is 4.22. The molecule has 0 saturated carbocycles. The van der Waals surface area contributed by atoms with Crippen LogP contribution in [0.4, 0.5) is 10.6 Å². The molecular weight excluding hydrogens is 246 g/mol. The van der Waals surface area contributed by atoms with Gasteiger partial charge in [0.1, 0.15) is 11.5 Å². The number of carbonyl (C=O) groups is 2. The van der Waals surface area contributed by atoms with Crippen LogP contribution in [0, 0.1) is 0 Å². The molecule has 2 atom stereocenters. The quantitative estimate of drug-likeness (QED) is 0.764. The molecule has 0 aromatic carbocycles. The molecule has 3 heterocycles. The second-order valence-electron chi connectivity index (χ2n) is 5.14. The minimum absolute atomic E-state index is 0.0745. The van der Waals surface area contributed by atoms with E-state index in [0.29, 0.717) is 18.8 Å². The summed E-state index contributed by atoms with van der Waals surface area (Å²) in [5.41, 5.74) is 1.52. The van der Waals surface area contributed by atoms with E-state index in [-0.39, 0.29) is 12.1 Å². The molecule has 0 unspecified atom stereocenters. The van der Waals surface area contributed by atoms with Gasteiger partial charge in [0.25, 0.3) is 0 Å². The lowest BCUT2D eigenvalue weighted by molar-refractivity contribution is 0.111. The zero-order valence-corrected chi connectivity index (χ0v) is 10.6. The first kappa shape index (κ1) is 12.0. The van der Waals surface area contributed by atoms with E-state index in [9.17, 15) is 9.59 Å². The average Bonchev–Trinajstić information content (AvgIpc) is 2.76. The van der Waals surface area contributed by atoms with Crippen LogP contribution >= 0.6 is 0 Å². The smallest absolute Gasteiger partial charge is 0.407 e. The number of pyridine rings is 1. The summed E-state index contributed by atoms with van der Waals surface area (Å²) >= 11 is 0. The van der Waals surface area contributed by atoms with Gasteiger partial charge in [-0.05, 0) is 25.0 Å². The van der Waals surface area contributed by atoms with E-state index in [1.165, 1.54) is 4.90 Å². The molecule has 0 bridgehead atoms. The fourth-order valence-corrected chi connectivity index (χ4v) is 3.08. The van der Waals surface area contributed by atoms with Gasteiger partial charge >= 0.3 is 6.09 Å². The highest BCUT2D eigenvalue weighted by molar-refractivity contribution is 5.74. The molecule has 1 aromatic rings.